The summed E-state index contributed by atoms with van der Waals surface area (Å²) in [5, 5.41) is 8.88. The summed E-state index contributed by atoms with van der Waals surface area (Å²) in [7, 11) is 0. The van der Waals surface area contributed by atoms with E-state index in [1.807, 2.05) is 42.5 Å². The van der Waals surface area contributed by atoms with Crippen LogP contribution in [0.1, 0.15) is 28.4 Å². The van der Waals surface area contributed by atoms with Crippen molar-refractivity contribution < 1.29 is 14.4 Å². The zero-order chi connectivity index (χ0) is 22.0. The number of rotatable bonds is 5. The number of nitrogens with two attached hydrogens (primary N) is 1. The quantitative estimate of drug-likeness (QED) is 0.479. The average Bonchev–Trinajstić information content (AvgIpc) is 3.08. The topological polar surface area (TPSA) is 113 Å². The van der Waals surface area contributed by atoms with E-state index in [1.54, 1.807) is 30.3 Å². The van der Waals surface area contributed by atoms with Gasteiger partial charge in [0.2, 0.25) is 11.8 Å². The van der Waals surface area contributed by atoms with E-state index in [1.165, 1.54) is 6.92 Å². The van der Waals surface area contributed by atoms with E-state index in [-0.39, 0.29) is 11.8 Å². The lowest BCUT2D eigenvalue weighted by Crippen LogP contribution is -2.11. The van der Waals surface area contributed by atoms with Crippen molar-refractivity contribution in [2.75, 3.05) is 16.0 Å². The van der Waals surface area contributed by atoms with Crippen molar-refractivity contribution in [2.45, 2.75) is 6.92 Å². The molecular formula is C24H20N4O3. The van der Waals surface area contributed by atoms with Gasteiger partial charge in [0, 0.05) is 35.1 Å². The van der Waals surface area contributed by atoms with Gasteiger partial charge in [-0.2, -0.15) is 0 Å². The molecule has 3 aromatic carbocycles. The monoisotopic (exact) mass is 412 g/mol. The first-order valence-electron chi connectivity index (χ1n) is 9.62. The summed E-state index contributed by atoms with van der Waals surface area (Å²) in [5.41, 5.74) is 10.2. The third-order valence-corrected chi connectivity index (χ3v) is 4.84. The Balaban J connectivity index is 1.80. The van der Waals surface area contributed by atoms with Crippen molar-refractivity contribution in [2.24, 2.45) is 5.73 Å². The Hall–Kier alpha value is -4.39. The maximum Gasteiger partial charge on any atom is 0.258 e. The number of anilines is 3. The maximum atomic E-state index is 12.9. The molecule has 0 saturated heterocycles. The van der Waals surface area contributed by atoms with Crippen LogP contribution in [-0.4, -0.2) is 17.7 Å². The van der Waals surface area contributed by atoms with Crippen molar-refractivity contribution in [3.63, 3.8) is 0 Å². The Morgan fingerprint density at radius 1 is 0.839 bits per heavy atom. The SMILES string of the molecule is CC(=O)Nc1ccc(NC(=C2C(=O)Nc3cc(C(N)=O)ccc32)c2ccccc2)cc1. The molecule has 7 nitrogen and oxygen atoms in total. The van der Waals surface area contributed by atoms with Crippen LogP contribution in [0.2, 0.25) is 0 Å². The Kier molecular flexibility index (Phi) is 5.24. The normalized spacial score (nSPS) is 13.8. The summed E-state index contributed by atoms with van der Waals surface area (Å²) < 4.78 is 0. The molecule has 3 amide bonds. The van der Waals surface area contributed by atoms with Crippen molar-refractivity contribution in [3.8, 4) is 0 Å². The molecule has 0 aromatic heterocycles. The molecule has 0 radical (unpaired) electrons. The van der Waals surface area contributed by atoms with E-state index in [9.17, 15) is 14.4 Å². The highest BCUT2D eigenvalue weighted by atomic mass is 16.2. The second-order valence-corrected chi connectivity index (χ2v) is 7.08. The summed E-state index contributed by atoms with van der Waals surface area (Å²) in [6.07, 6.45) is 0. The Bertz CT molecular complexity index is 1220. The molecule has 1 aliphatic heterocycles. The van der Waals surface area contributed by atoms with Crippen LogP contribution in [0.4, 0.5) is 17.1 Å². The molecule has 0 fully saturated rings. The standard InChI is InChI=1S/C24H20N4O3/c1-14(29)26-17-8-10-18(11-9-17)27-22(15-5-3-2-4-6-15)21-19-12-7-16(23(25)30)13-20(19)28-24(21)31/h2-13,27H,1H3,(H2,25,30)(H,26,29)(H,28,31). The van der Waals surface area contributed by atoms with Crippen molar-refractivity contribution >= 4 is 46.1 Å². The van der Waals surface area contributed by atoms with E-state index in [2.05, 4.69) is 16.0 Å². The molecule has 154 valence electrons. The van der Waals surface area contributed by atoms with Gasteiger partial charge < -0.3 is 21.7 Å². The molecule has 0 aliphatic carbocycles. The molecule has 3 aromatic rings. The zero-order valence-corrected chi connectivity index (χ0v) is 16.7. The van der Waals surface area contributed by atoms with E-state index in [0.29, 0.717) is 33.8 Å². The number of primary amides is 1. The lowest BCUT2D eigenvalue weighted by atomic mass is 9.99. The minimum Gasteiger partial charge on any atom is -0.366 e. The van der Waals surface area contributed by atoms with Gasteiger partial charge in [-0.25, -0.2) is 0 Å². The average molecular weight is 412 g/mol. The summed E-state index contributed by atoms with van der Waals surface area (Å²) >= 11 is 0. The predicted molar refractivity (Wildman–Crippen MR) is 121 cm³/mol. The van der Waals surface area contributed by atoms with Gasteiger partial charge in [0.1, 0.15) is 0 Å². The first-order valence-corrected chi connectivity index (χ1v) is 9.62. The Labute approximate surface area is 179 Å². The summed E-state index contributed by atoms with van der Waals surface area (Å²) in [4.78, 5) is 35.7. The number of hydrogen-bond acceptors (Lipinski definition) is 4. The summed E-state index contributed by atoms with van der Waals surface area (Å²) in [5.74, 6) is -0.990. The van der Waals surface area contributed by atoms with Crippen LogP contribution >= 0.6 is 0 Å². The van der Waals surface area contributed by atoms with Crippen LogP contribution in [0.15, 0.2) is 72.8 Å². The molecule has 5 N–H and O–H groups in total. The molecule has 1 aliphatic rings. The number of benzene rings is 3. The molecule has 4 rings (SSSR count). The van der Waals surface area contributed by atoms with Gasteiger partial charge in [-0.15, -0.1) is 0 Å². The summed E-state index contributed by atoms with van der Waals surface area (Å²) in [6, 6.07) is 21.6. The van der Waals surface area contributed by atoms with Gasteiger partial charge in [-0.05, 0) is 42.0 Å². The number of nitrogens with one attached hydrogen (secondary N) is 3. The summed E-state index contributed by atoms with van der Waals surface area (Å²) in [6.45, 7) is 1.45. The fourth-order valence-electron chi connectivity index (χ4n) is 3.44. The molecular weight excluding hydrogens is 392 g/mol. The molecule has 0 unspecified atom stereocenters. The van der Waals surface area contributed by atoms with Crippen LogP contribution < -0.4 is 21.7 Å². The molecule has 7 heteroatoms. The highest BCUT2D eigenvalue weighted by Gasteiger charge is 2.29. The predicted octanol–water partition coefficient (Wildman–Crippen LogP) is 3.68. The first-order chi connectivity index (χ1) is 14.9. The maximum absolute atomic E-state index is 12.9. The highest BCUT2D eigenvalue weighted by molar-refractivity contribution is 6.37. The number of hydrogen-bond donors (Lipinski definition) is 4. The minimum atomic E-state index is -0.560. The second-order valence-electron chi connectivity index (χ2n) is 7.08. The second kappa shape index (κ2) is 8.16. The van der Waals surface area contributed by atoms with E-state index in [0.717, 1.165) is 11.3 Å². The fraction of sp³-hybridized carbons (Fsp3) is 0.0417. The van der Waals surface area contributed by atoms with Gasteiger partial charge in [-0.1, -0.05) is 36.4 Å². The lowest BCUT2D eigenvalue weighted by Gasteiger charge is -2.15. The van der Waals surface area contributed by atoms with E-state index < -0.39 is 5.91 Å². The Morgan fingerprint density at radius 2 is 1.48 bits per heavy atom. The van der Waals surface area contributed by atoms with Crippen molar-refractivity contribution in [3.05, 3.63) is 89.5 Å². The minimum absolute atomic E-state index is 0.151. The van der Waals surface area contributed by atoms with Gasteiger partial charge in [0.15, 0.2) is 0 Å². The van der Waals surface area contributed by atoms with Crippen LogP contribution in [0.25, 0.3) is 11.3 Å². The first kappa shape index (κ1) is 19.9. The third-order valence-electron chi connectivity index (χ3n) is 4.84. The number of carbonyl (C=O) groups excluding carboxylic acids is 3. The lowest BCUT2D eigenvalue weighted by molar-refractivity contribution is -0.114. The van der Waals surface area contributed by atoms with Crippen LogP contribution in [0.5, 0.6) is 0 Å². The molecule has 0 saturated carbocycles. The van der Waals surface area contributed by atoms with Crippen molar-refractivity contribution in [1.29, 1.82) is 0 Å². The van der Waals surface area contributed by atoms with Crippen LogP contribution in [0, 0.1) is 0 Å². The van der Waals surface area contributed by atoms with Gasteiger partial charge in [-0.3, -0.25) is 14.4 Å². The Morgan fingerprint density at radius 3 is 2.10 bits per heavy atom. The third kappa shape index (κ3) is 4.16. The fourth-order valence-corrected chi connectivity index (χ4v) is 3.44. The number of carbonyl (C=O) groups is 3. The molecule has 0 bridgehead atoms. The van der Waals surface area contributed by atoms with Gasteiger partial charge in [0.05, 0.1) is 11.3 Å². The molecule has 31 heavy (non-hydrogen) atoms. The zero-order valence-electron chi connectivity index (χ0n) is 16.7. The smallest absolute Gasteiger partial charge is 0.258 e. The molecule has 0 atom stereocenters. The van der Waals surface area contributed by atoms with Gasteiger partial charge in [0.25, 0.3) is 5.91 Å². The van der Waals surface area contributed by atoms with Crippen molar-refractivity contribution in [1.82, 2.24) is 0 Å². The van der Waals surface area contributed by atoms with Crippen LogP contribution in [-0.2, 0) is 9.59 Å². The molecule has 0 spiro atoms. The van der Waals surface area contributed by atoms with Crippen LogP contribution in [0.3, 0.4) is 0 Å². The number of amides is 3. The molecule has 1 heterocycles. The number of fused-ring (bicyclic) bond motifs is 1. The van der Waals surface area contributed by atoms with E-state index >= 15 is 0 Å². The largest absolute Gasteiger partial charge is 0.366 e. The van der Waals surface area contributed by atoms with E-state index in [4.69, 9.17) is 5.73 Å². The van der Waals surface area contributed by atoms with Gasteiger partial charge >= 0.3 is 0 Å². The highest BCUT2D eigenvalue weighted by Crippen LogP contribution is 2.38.